The number of carbonyl (C=O) groups is 4. The Balaban J connectivity index is 1.48. The first kappa shape index (κ1) is 38.7. The molecule has 2 heterocycles. The molecule has 4 N–H and O–H groups in total. The van der Waals surface area contributed by atoms with Crippen molar-refractivity contribution in [3.05, 3.63) is 111 Å². The summed E-state index contributed by atoms with van der Waals surface area (Å²) in [5.41, 5.74) is 4.81. The third kappa shape index (κ3) is 12.6. The Morgan fingerprint density at radius 1 is 0.941 bits per heavy atom. The molecule has 270 valence electrons. The number of benzene rings is 2. The number of urea groups is 1. The molecule has 4 aromatic rings. The van der Waals surface area contributed by atoms with Gasteiger partial charge in [-0.15, -0.1) is 22.7 Å². The highest BCUT2D eigenvalue weighted by Crippen LogP contribution is 2.22. The number of hydrogen-bond acceptors (Lipinski definition) is 9. The number of rotatable bonds is 18. The van der Waals surface area contributed by atoms with Crippen molar-refractivity contribution in [2.75, 3.05) is 7.05 Å². The highest BCUT2D eigenvalue weighted by Gasteiger charge is 2.28. The number of aliphatic carboxylic acids is 1. The standard InChI is InChI=1S/C37H44N6O6S2/c1-24(2)35-40-29(22-50-35)20-43(4)36(47)41-32(18-33(44)45)34(46)39-28(17-26-11-7-5-8-12-26)15-16-31(25(3)27-13-9-6-10-14-27)42-37(48)49-21-30-19-38-23-51-30/h5-14,19,22-24,28,31-32H,3,15-18,20-21H2,1-2,4H3,(H,39,46)(H,41,47)(H,42,48)(H,44,45)/t28-,31-,32+/m1/s1. The number of carboxylic acids is 1. The lowest BCUT2D eigenvalue weighted by molar-refractivity contribution is -0.140. The third-order valence-electron chi connectivity index (χ3n) is 7.96. The molecule has 12 nitrogen and oxygen atoms in total. The Labute approximate surface area is 306 Å². The molecule has 0 fully saturated rings. The SMILES string of the molecule is C=C(c1ccccc1)[C@@H](CC[C@H](Cc1ccccc1)NC(=O)[C@H](CC(=O)O)NC(=O)N(C)Cc1csc(C(C)C)n1)NC(=O)OCc1cncs1. The first-order valence-electron chi connectivity index (χ1n) is 16.5. The fraction of sp³-hybridized carbons (Fsp3) is 0.351. The summed E-state index contributed by atoms with van der Waals surface area (Å²) < 4.78 is 5.45. The minimum absolute atomic E-state index is 0.0718. The van der Waals surface area contributed by atoms with Gasteiger partial charge in [-0.2, -0.15) is 0 Å². The van der Waals surface area contributed by atoms with Gasteiger partial charge in [0.1, 0.15) is 12.6 Å². The van der Waals surface area contributed by atoms with Crippen molar-refractivity contribution in [3.8, 4) is 0 Å². The van der Waals surface area contributed by atoms with Gasteiger partial charge in [-0.05, 0) is 36.0 Å². The summed E-state index contributed by atoms with van der Waals surface area (Å²) in [6.07, 6.45) is 1.56. The number of amides is 4. The van der Waals surface area contributed by atoms with Crippen molar-refractivity contribution in [1.82, 2.24) is 30.8 Å². The average molecular weight is 733 g/mol. The zero-order valence-corrected chi connectivity index (χ0v) is 30.5. The van der Waals surface area contributed by atoms with Crippen molar-refractivity contribution in [2.24, 2.45) is 0 Å². The predicted octanol–water partition coefficient (Wildman–Crippen LogP) is 6.22. The lowest BCUT2D eigenvalue weighted by Gasteiger charge is -2.27. The van der Waals surface area contributed by atoms with E-state index in [4.69, 9.17) is 4.74 Å². The first-order valence-corrected chi connectivity index (χ1v) is 18.3. The van der Waals surface area contributed by atoms with Crippen LogP contribution < -0.4 is 16.0 Å². The lowest BCUT2D eigenvalue weighted by Crippen LogP contribution is -2.53. The van der Waals surface area contributed by atoms with Gasteiger partial charge in [-0.3, -0.25) is 14.6 Å². The van der Waals surface area contributed by atoms with Gasteiger partial charge in [0.2, 0.25) is 5.91 Å². The Hall–Kier alpha value is -5.08. The van der Waals surface area contributed by atoms with E-state index >= 15 is 0 Å². The molecule has 4 rings (SSSR count). The summed E-state index contributed by atoms with van der Waals surface area (Å²) in [4.78, 5) is 62.4. The highest BCUT2D eigenvalue weighted by molar-refractivity contribution is 7.09. The average Bonchev–Trinajstić information content (AvgIpc) is 3.82. The molecule has 2 aromatic heterocycles. The highest BCUT2D eigenvalue weighted by atomic mass is 32.1. The predicted molar refractivity (Wildman–Crippen MR) is 198 cm³/mol. The zero-order chi connectivity index (χ0) is 36.8. The molecule has 4 amide bonds. The zero-order valence-electron chi connectivity index (χ0n) is 28.9. The monoisotopic (exact) mass is 732 g/mol. The molecular formula is C37H44N6O6S2. The van der Waals surface area contributed by atoms with Crippen LogP contribution in [0.4, 0.5) is 9.59 Å². The van der Waals surface area contributed by atoms with Crippen molar-refractivity contribution < 1.29 is 29.0 Å². The Kier molecular flexibility index (Phi) is 14.7. The van der Waals surface area contributed by atoms with Crippen molar-refractivity contribution in [2.45, 2.75) is 76.7 Å². The lowest BCUT2D eigenvalue weighted by atomic mass is 9.93. The molecular weight excluding hydrogens is 689 g/mol. The maximum absolute atomic E-state index is 13.7. The number of nitrogens with zero attached hydrogens (tertiary/aromatic N) is 3. The van der Waals surface area contributed by atoms with Crippen LogP contribution in [0.2, 0.25) is 0 Å². The largest absolute Gasteiger partial charge is 0.481 e. The second-order valence-corrected chi connectivity index (χ2v) is 14.3. The molecule has 0 bridgehead atoms. The van der Waals surface area contributed by atoms with Gasteiger partial charge in [0.25, 0.3) is 0 Å². The van der Waals surface area contributed by atoms with Crippen LogP contribution in [0.5, 0.6) is 0 Å². The Bertz CT molecular complexity index is 1730. The van der Waals surface area contributed by atoms with Gasteiger partial charge in [0.05, 0.1) is 40.1 Å². The van der Waals surface area contributed by atoms with Gasteiger partial charge in [0.15, 0.2) is 0 Å². The maximum Gasteiger partial charge on any atom is 0.407 e. The summed E-state index contributed by atoms with van der Waals surface area (Å²) in [6, 6.07) is 16.0. The quantitative estimate of drug-likeness (QED) is 0.0937. The smallest absolute Gasteiger partial charge is 0.407 e. The van der Waals surface area contributed by atoms with Gasteiger partial charge in [-0.1, -0.05) is 81.1 Å². The van der Waals surface area contributed by atoms with E-state index < -0.39 is 48.5 Å². The van der Waals surface area contributed by atoms with Crippen LogP contribution in [0.25, 0.3) is 5.57 Å². The molecule has 0 saturated carbocycles. The first-order chi connectivity index (χ1) is 24.5. The molecule has 0 spiro atoms. The second kappa shape index (κ2) is 19.3. The van der Waals surface area contributed by atoms with Gasteiger partial charge in [-0.25, -0.2) is 14.6 Å². The van der Waals surface area contributed by atoms with E-state index in [1.54, 1.807) is 18.8 Å². The third-order valence-corrected chi connectivity index (χ3v) is 9.91. The van der Waals surface area contributed by atoms with E-state index in [1.807, 2.05) is 79.9 Å². The Morgan fingerprint density at radius 3 is 2.27 bits per heavy atom. The molecule has 0 saturated heterocycles. The van der Waals surface area contributed by atoms with Crippen LogP contribution in [0.1, 0.15) is 65.7 Å². The van der Waals surface area contributed by atoms with Gasteiger partial charge in [0, 0.05) is 30.6 Å². The molecule has 2 aromatic carbocycles. The molecule has 0 unspecified atom stereocenters. The molecule has 0 aliphatic carbocycles. The number of thiazole rings is 2. The molecule has 0 radical (unpaired) electrons. The summed E-state index contributed by atoms with van der Waals surface area (Å²) in [5, 5.41) is 21.0. The molecule has 0 aliphatic rings. The number of nitrogens with one attached hydrogen (secondary N) is 3. The van der Waals surface area contributed by atoms with E-state index in [9.17, 15) is 24.3 Å². The van der Waals surface area contributed by atoms with Crippen molar-refractivity contribution in [3.63, 3.8) is 0 Å². The minimum Gasteiger partial charge on any atom is -0.481 e. The molecule has 14 heteroatoms. The van der Waals surface area contributed by atoms with Crippen LogP contribution in [0.15, 0.2) is 84.3 Å². The van der Waals surface area contributed by atoms with E-state index in [1.165, 1.54) is 27.6 Å². The van der Waals surface area contributed by atoms with Crippen LogP contribution in [-0.4, -0.2) is 69.1 Å². The molecule has 3 atom stereocenters. The molecule has 0 aliphatic heterocycles. The number of alkyl carbamates (subject to hydrolysis) is 1. The summed E-state index contributed by atoms with van der Waals surface area (Å²) in [5.74, 6) is -1.62. The summed E-state index contributed by atoms with van der Waals surface area (Å²) >= 11 is 2.89. The number of carbonyl (C=O) groups excluding carboxylic acids is 3. The fourth-order valence-corrected chi connectivity index (χ4v) is 6.56. The van der Waals surface area contributed by atoms with Crippen molar-refractivity contribution >= 4 is 52.2 Å². The normalized spacial score (nSPS) is 12.7. The topological polar surface area (TPSA) is 163 Å². The Morgan fingerprint density at radius 2 is 1.65 bits per heavy atom. The van der Waals surface area contributed by atoms with Crippen LogP contribution in [-0.2, 0) is 33.9 Å². The minimum atomic E-state index is -1.34. The number of hydrogen-bond donors (Lipinski definition) is 4. The van der Waals surface area contributed by atoms with Gasteiger partial charge >= 0.3 is 18.1 Å². The van der Waals surface area contributed by atoms with E-state index in [0.717, 1.165) is 21.0 Å². The number of carboxylic acid groups (broad SMARTS) is 1. The molecule has 51 heavy (non-hydrogen) atoms. The van der Waals surface area contributed by atoms with Crippen LogP contribution in [0.3, 0.4) is 0 Å². The van der Waals surface area contributed by atoms with Crippen LogP contribution >= 0.6 is 22.7 Å². The summed E-state index contributed by atoms with van der Waals surface area (Å²) in [7, 11) is 1.56. The number of aromatic nitrogens is 2. The second-order valence-electron chi connectivity index (χ2n) is 12.4. The van der Waals surface area contributed by atoms with Crippen molar-refractivity contribution in [1.29, 1.82) is 0 Å². The van der Waals surface area contributed by atoms with E-state index in [2.05, 4.69) is 32.5 Å². The van der Waals surface area contributed by atoms with Gasteiger partial charge < -0.3 is 30.7 Å². The maximum atomic E-state index is 13.7. The van der Waals surface area contributed by atoms with E-state index in [-0.39, 0.29) is 19.1 Å². The number of ether oxygens (including phenoxy) is 1. The fourth-order valence-electron chi connectivity index (χ4n) is 5.23. The van der Waals surface area contributed by atoms with Crippen LogP contribution in [0, 0.1) is 0 Å². The van der Waals surface area contributed by atoms with E-state index in [0.29, 0.717) is 30.5 Å². The summed E-state index contributed by atoms with van der Waals surface area (Å²) in [6.45, 7) is 8.61.